The molecule has 0 unspecified atom stereocenters. The Morgan fingerprint density at radius 3 is 2.58 bits per heavy atom. The van der Waals surface area contributed by atoms with Crippen molar-refractivity contribution >= 4 is 29.5 Å². The quantitative estimate of drug-likeness (QED) is 0.465. The monoisotopic (exact) mass is 440 g/mol. The second-order valence-corrected chi connectivity index (χ2v) is 6.87. The number of ether oxygens (including phenoxy) is 1. The number of carbonyl (C=O) groups is 2. The summed E-state index contributed by atoms with van der Waals surface area (Å²) in [4.78, 5) is 25.1. The largest absolute Gasteiger partial charge is 0.497 e. The zero-order valence-electron chi connectivity index (χ0n) is 16.7. The molecule has 0 atom stereocenters. The molecule has 8 heteroatoms. The van der Waals surface area contributed by atoms with Crippen molar-refractivity contribution in [1.29, 1.82) is 0 Å². The molecule has 31 heavy (non-hydrogen) atoms. The number of nitrogens with one attached hydrogen (secondary N) is 2. The highest BCUT2D eigenvalue weighted by molar-refractivity contribution is 6.30. The van der Waals surface area contributed by atoms with E-state index in [-0.39, 0.29) is 18.8 Å². The molecular weight excluding hydrogens is 420 g/mol. The van der Waals surface area contributed by atoms with E-state index in [0.717, 1.165) is 5.56 Å². The zero-order valence-corrected chi connectivity index (χ0v) is 17.5. The molecule has 3 rings (SSSR count). The van der Waals surface area contributed by atoms with Crippen molar-refractivity contribution in [1.82, 2.24) is 10.6 Å². The lowest BCUT2D eigenvalue weighted by atomic mass is 10.2. The smallest absolute Gasteiger partial charge is 0.268 e. The van der Waals surface area contributed by atoms with Crippen LogP contribution in [0.25, 0.3) is 17.4 Å². The highest BCUT2D eigenvalue weighted by Crippen LogP contribution is 2.25. The number of hydrogen-bond acceptors (Lipinski definition) is 5. The molecule has 1 aromatic heterocycles. The van der Waals surface area contributed by atoms with Crippen molar-refractivity contribution in [2.45, 2.75) is 0 Å². The summed E-state index contributed by atoms with van der Waals surface area (Å²) in [5, 5.41) is 14.7. The van der Waals surface area contributed by atoms with Gasteiger partial charge in [0.15, 0.2) is 0 Å². The van der Waals surface area contributed by atoms with Gasteiger partial charge in [-0.25, -0.2) is 0 Å². The van der Waals surface area contributed by atoms with Crippen LogP contribution in [0.3, 0.4) is 0 Å². The number of rotatable bonds is 8. The van der Waals surface area contributed by atoms with Crippen LogP contribution >= 0.6 is 11.6 Å². The van der Waals surface area contributed by atoms with E-state index >= 15 is 0 Å². The van der Waals surface area contributed by atoms with E-state index in [9.17, 15) is 9.59 Å². The van der Waals surface area contributed by atoms with Crippen molar-refractivity contribution in [2.75, 3.05) is 20.3 Å². The predicted molar refractivity (Wildman–Crippen MR) is 118 cm³/mol. The van der Waals surface area contributed by atoms with Gasteiger partial charge >= 0.3 is 0 Å². The third-order valence-electron chi connectivity index (χ3n) is 4.26. The Bertz CT molecular complexity index is 1090. The third-order valence-corrected chi connectivity index (χ3v) is 4.50. The zero-order chi connectivity index (χ0) is 22.2. The van der Waals surface area contributed by atoms with Gasteiger partial charge in [-0.1, -0.05) is 23.7 Å². The third kappa shape index (κ3) is 5.97. The summed E-state index contributed by atoms with van der Waals surface area (Å²) in [6.45, 7) is -0.189. The molecule has 0 saturated heterocycles. The molecule has 0 saturated carbocycles. The Labute approximate surface area is 184 Å². The van der Waals surface area contributed by atoms with Crippen molar-refractivity contribution < 1.29 is 23.8 Å². The Morgan fingerprint density at radius 1 is 1.13 bits per heavy atom. The maximum absolute atomic E-state index is 12.6. The first kappa shape index (κ1) is 22.1. The minimum atomic E-state index is -0.559. The van der Waals surface area contributed by atoms with E-state index in [1.54, 1.807) is 54.6 Å². The van der Waals surface area contributed by atoms with E-state index in [2.05, 4.69) is 10.6 Å². The van der Waals surface area contributed by atoms with Crippen LogP contribution in [0.4, 0.5) is 0 Å². The van der Waals surface area contributed by atoms with Crippen LogP contribution in [0.15, 0.2) is 70.8 Å². The van der Waals surface area contributed by atoms with Gasteiger partial charge in [0.1, 0.15) is 23.0 Å². The molecule has 3 N–H and O–H groups in total. The van der Waals surface area contributed by atoms with Gasteiger partial charge in [-0.2, -0.15) is 0 Å². The summed E-state index contributed by atoms with van der Waals surface area (Å²) in [7, 11) is 1.53. The number of halogens is 1. The van der Waals surface area contributed by atoms with Crippen LogP contribution in [0.2, 0.25) is 5.02 Å². The highest BCUT2D eigenvalue weighted by atomic mass is 35.5. The standard InChI is InChI=1S/C23H21ClN2O5/c1-30-18-7-5-15(6-8-18)22(28)26-20(23(29)25-11-12-27)14-19-9-10-21(31-19)16-3-2-4-17(24)13-16/h2-10,13-14,27H,11-12H2,1H3,(H,25,29)(H,26,28). The average Bonchev–Trinajstić information content (AvgIpc) is 3.25. The summed E-state index contributed by atoms with van der Waals surface area (Å²) < 4.78 is 10.9. The molecule has 0 aliphatic heterocycles. The fraction of sp³-hybridized carbons (Fsp3) is 0.130. The van der Waals surface area contributed by atoms with Crippen LogP contribution in [0.1, 0.15) is 16.1 Å². The van der Waals surface area contributed by atoms with Crippen molar-refractivity contribution in [2.24, 2.45) is 0 Å². The molecule has 1 heterocycles. The van der Waals surface area contributed by atoms with Crippen LogP contribution in [-0.4, -0.2) is 37.2 Å². The molecular formula is C23H21ClN2O5. The Balaban J connectivity index is 1.85. The lowest BCUT2D eigenvalue weighted by molar-refractivity contribution is -0.117. The number of benzene rings is 2. The Kier molecular flexibility index (Phi) is 7.48. The summed E-state index contributed by atoms with van der Waals surface area (Å²) in [5.41, 5.74) is 1.10. The topological polar surface area (TPSA) is 101 Å². The molecule has 0 aliphatic carbocycles. The molecule has 2 amide bonds. The molecule has 0 aliphatic rings. The fourth-order valence-corrected chi connectivity index (χ4v) is 2.92. The van der Waals surface area contributed by atoms with Gasteiger partial charge in [0.25, 0.3) is 11.8 Å². The summed E-state index contributed by atoms with van der Waals surface area (Å²) in [6, 6.07) is 17.0. The Morgan fingerprint density at radius 2 is 1.90 bits per heavy atom. The maximum atomic E-state index is 12.6. The second kappa shape index (κ2) is 10.5. The van der Waals surface area contributed by atoms with Gasteiger partial charge in [0.05, 0.1) is 13.7 Å². The average molecular weight is 441 g/mol. The fourth-order valence-electron chi connectivity index (χ4n) is 2.73. The maximum Gasteiger partial charge on any atom is 0.268 e. The van der Waals surface area contributed by atoms with Gasteiger partial charge in [-0.05, 0) is 48.5 Å². The Hall–Kier alpha value is -3.55. The van der Waals surface area contributed by atoms with E-state index in [0.29, 0.717) is 27.9 Å². The summed E-state index contributed by atoms with van der Waals surface area (Å²) in [6.07, 6.45) is 1.42. The summed E-state index contributed by atoms with van der Waals surface area (Å²) >= 11 is 6.03. The van der Waals surface area contributed by atoms with Crippen molar-refractivity contribution in [3.63, 3.8) is 0 Å². The number of aliphatic hydroxyl groups is 1. The molecule has 0 spiro atoms. The van der Waals surface area contributed by atoms with Gasteiger partial charge in [0.2, 0.25) is 0 Å². The minimum absolute atomic E-state index is 0.0266. The number of methoxy groups -OCH3 is 1. The van der Waals surface area contributed by atoms with E-state index in [4.69, 9.17) is 25.9 Å². The van der Waals surface area contributed by atoms with Crippen molar-refractivity contribution in [3.8, 4) is 17.1 Å². The van der Waals surface area contributed by atoms with Crippen LogP contribution in [0, 0.1) is 0 Å². The first-order valence-corrected chi connectivity index (χ1v) is 9.80. The molecule has 3 aromatic rings. The first-order chi connectivity index (χ1) is 15.0. The van der Waals surface area contributed by atoms with E-state index in [1.807, 2.05) is 6.07 Å². The SMILES string of the molecule is COc1ccc(C(=O)NC(=Cc2ccc(-c3cccc(Cl)c3)o2)C(=O)NCCO)cc1. The number of aliphatic hydroxyl groups excluding tert-OH is 1. The lowest BCUT2D eigenvalue weighted by Crippen LogP contribution is -2.36. The lowest BCUT2D eigenvalue weighted by Gasteiger charge is -2.10. The number of hydrogen-bond donors (Lipinski definition) is 3. The molecule has 2 aromatic carbocycles. The van der Waals surface area contributed by atoms with Crippen molar-refractivity contribution in [3.05, 3.63) is 82.7 Å². The molecule has 0 fully saturated rings. The van der Waals surface area contributed by atoms with E-state index in [1.165, 1.54) is 13.2 Å². The minimum Gasteiger partial charge on any atom is -0.497 e. The summed E-state index contributed by atoms with van der Waals surface area (Å²) in [5.74, 6) is 0.493. The van der Waals surface area contributed by atoms with E-state index < -0.39 is 11.8 Å². The molecule has 160 valence electrons. The van der Waals surface area contributed by atoms with Crippen LogP contribution in [-0.2, 0) is 4.79 Å². The molecule has 0 bridgehead atoms. The number of carbonyl (C=O) groups excluding carboxylic acids is 2. The highest BCUT2D eigenvalue weighted by Gasteiger charge is 2.16. The van der Waals surface area contributed by atoms with Gasteiger partial charge in [-0.3, -0.25) is 9.59 Å². The second-order valence-electron chi connectivity index (χ2n) is 6.43. The van der Waals surface area contributed by atoms with Crippen LogP contribution in [0.5, 0.6) is 5.75 Å². The normalized spacial score (nSPS) is 11.1. The number of amides is 2. The van der Waals surface area contributed by atoms with Gasteiger partial charge in [-0.15, -0.1) is 0 Å². The molecule has 0 radical (unpaired) electrons. The first-order valence-electron chi connectivity index (χ1n) is 9.42. The number of furan rings is 1. The molecule has 7 nitrogen and oxygen atoms in total. The van der Waals surface area contributed by atoms with Gasteiger partial charge in [0, 0.05) is 28.8 Å². The van der Waals surface area contributed by atoms with Gasteiger partial charge < -0.3 is 24.9 Å². The van der Waals surface area contributed by atoms with Crippen LogP contribution < -0.4 is 15.4 Å². The predicted octanol–water partition coefficient (Wildman–Crippen LogP) is 3.49.